The number of rotatable bonds is 6. The zero-order valence-corrected chi connectivity index (χ0v) is 15.8. The Balaban J connectivity index is 1.80. The number of aryl methyl sites for hydroxylation is 1. The summed E-state index contributed by atoms with van der Waals surface area (Å²) in [6.07, 6.45) is 3.10. The van der Waals surface area contributed by atoms with Gasteiger partial charge >= 0.3 is 0 Å². The first-order valence-electron chi connectivity index (χ1n) is 8.13. The molecular formula is C18H16Cl2N4O3. The zero-order valence-electron chi connectivity index (χ0n) is 14.3. The van der Waals surface area contributed by atoms with Gasteiger partial charge in [0.2, 0.25) is 0 Å². The molecule has 1 aromatic carbocycles. The van der Waals surface area contributed by atoms with E-state index in [1.807, 2.05) is 6.92 Å². The molecule has 140 valence electrons. The minimum Gasteiger partial charge on any atom is -0.467 e. The molecule has 7 nitrogen and oxygen atoms in total. The highest BCUT2D eigenvalue weighted by Gasteiger charge is 2.20. The minimum absolute atomic E-state index is 0.0925. The molecule has 0 radical (unpaired) electrons. The van der Waals surface area contributed by atoms with E-state index in [4.69, 9.17) is 27.6 Å². The fourth-order valence-electron chi connectivity index (χ4n) is 2.38. The van der Waals surface area contributed by atoms with Crippen LogP contribution in [0.25, 0.3) is 0 Å². The van der Waals surface area contributed by atoms with E-state index in [1.165, 1.54) is 6.26 Å². The molecule has 3 aromatic rings. The zero-order chi connectivity index (χ0) is 19.4. The topological polar surface area (TPSA) is 89.2 Å². The maximum absolute atomic E-state index is 12.6. The maximum atomic E-state index is 12.6. The molecule has 9 heteroatoms. The Morgan fingerprint density at radius 2 is 2.00 bits per heavy atom. The number of hydrogen-bond acceptors (Lipinski definition) is 4. The Morgan fingerprint density at radius 1 is 1.19 bits per heavy atom. The average molecular weight is 407 g/mol. The summed E-state index contributed by atoms with van der Waals surface area (Å²) in [5.74, 6) is -0.320. The number of furan rings is 1. The van der Waals surface area contributed by atoms with Gasteiger partial charge in [-0.1, -0.05) is 29.3 Å². The summed E-state index contributed by atoms with van der Waals surface area (Å²) in [4.78, 5) is 25.1. The first-order chi connectivity index (χ1) is 13.0. The Bertz CT molecular complexity index is 967. The van der Waals surface area contributed by atoms with Crippen molar-refractivity contribution in [2.45, 2.75) is 20.0 Å². The van der Waals surface area contributed by atoms with Crippen molar-refractivity contribution in [1.82, 2.24) is 15.1 Å². The molecule has 0 aliphatic rings. The first-order valence-corrected chi connectivity index (χ1v) is 8.88. The van der Waals surface area contributed by atoms with Gasteiger partial charge in [-0.3, -0.25) is 14.3 Å². The summed E-state index contributed by atoms with van der Waals surface area (Å²) < 4.78 is 6.74. The highest BCUT2D eigenvalue weighted by atomic mass is 35.5. The molecule has 2 aromatic heterocycles. The lowest BCUT2D eigenvalue weighted by Crippen LogP contribution is -2.25. The van der Waals surface area contributed by atoms with Crippen LogP contribution < -0.4 is 10.6 Å². The lowest BCUT2D eigenvalue weighted by molar-refractivity contribution is 0.0943. The Hall–Kier alpha value is -2.77. The van der Waals surface area contributed by atoms with Gasteiger partial charge in [0.1, 0.15) is 5.76 Å². The van der Waals surface area contributed by atoms with Crippen molar-refractivity contribution in [2.75, 3.05) is 5.32 Å². The second-order valence-electron chi connectivity index (χ2n) is 5.56. The van der Waals surface area contributed by atoms with Gasteiger partial charge in [0.25, 0.3) is 11.8 Å². The van der Waals surface area contributed by atoms with Crippen LogP contribution in [0.5, 0.6) is 0 Å². The Morgan fingerprint density at radius 3 is 2.70 bits per heavy atom. The number of benzene rings is 1. The number of aromatic nitrogens is 2. The summed E-state index contributed by atoms with van der Waals surface area (Å²) in [5, 5.41) is 10.0. The maximum Gasteiger partial charge on any atom is 0.274 e. The normalized spacial score (nSPS) is 10.6. The second-order valence-corrected chi connectivity index (χ2v) is 6.35. The predicted octanol–water partition coefficient (Wildman–Crippen LogP) is 3.99. The number of nitrogens with one attached hydrogen (secondary N) is 2. The van der Waals surface area contributed by atoms with Crippen molar-refractivity contribution >= 4 is 40.7 Å². The fraction of sp³-hybridized carbons (Fsp3) is 0.167. The van der Waals surface area contributed by atoms with E-state index >= 15 is 0 Å². The molecule has 0 fully saturated rings. The molecule has 2 N–H and O–H groups in total. The molecule has 0 aliphatic carbocycles. The van der Waals surface area contributed by atoms with E-state index in [-0.39, 0.29) is 33.5 Å². The standard InChI is InChI=1S/C18H16Cl2N4O3/c1-2-24-10-14(22-17(25)12-6-3-7-13(19)15(12)20)16(23-24)18(26)21-9-11-5-4-8-27-11/h3-8,10H,2,9H2,1H3,(H,21,26)(H,22,25). The van der Waals surface area contributed by atoms with Crippen molar-refractivity contribution in [3.8, 4) is 0 Å². The third-order valence-corrected chi connectivity index (χ3v) is 4.57. The third kappa shape index (κ3) is 4.32. The highest BCUT2D eigenvalue weighted by Crippen LogP contribution is 2.26. The summed E-state index contributed by atoms with van der Waals surface area (Å²) in [6.45, 7) is 2.61. The Labute approximate surface area is 165 Å². The van der Waals surface area contributed by atoms with Crippen LogP contribution in [0.3, 0.4) is 0 Å². The van der Waals surface area contributed by atoms with E-state index < -0.39 is 11.8 Å². The summed E-state index contributed by atoms with van der Waals surface area (Å²) in [7, 11) is 0. The molecule has 0 saturated heterocycles. The molecule has 0 aliphatic heterocycles. The number of halogens is 2. The van der Waals surface area contributed by atoms with Crippen molar-refractivity contribution in [3.63, 3.8) is 0 Å². The minimum atomic E-state index is -0.488. The van der Waals surface area contributed by atoms with E-state index in [0.29, 0.717) is 12.3 Å². The molecule has 0 unspecified atom stereocenters. The van der Waals surface area contributed by atoms with E-state index in [1.54, 1.807) is 41.2 Å². The predicted molar refractivity (Wildman–Crippen MR) is 102 cm³/mol. The van der Waals surface area contributed by atoms with Gasteiger partial charge in [-0.25, -0.2) is 0 Å². The summed E-state index contributed by atoms with van der Waals surface area (Å²) in [5.41, 5.74) is 0.570. The van der Waals surface area contributed by atoms with E-state index in [9.17, 15) is 9.59 Å². The van der Waals surface area contributed by atoms with Crippen molar-refractivity contribution in [1.29, 1.82) is 0 Å². The van der Waals surface area contributed by atoms with Crippen LogP contribution in [0.4, 0.5) is 5.69 Å². The van der Waals surface area contributed by atoms with Crippen molar-refractivity contribution in [2.24, 2.45) is 0 Å². The quantitative estimate of drug-likeness (QED) is 0.647. The monoisotopic (exact) mass is 406 g/mol. The van der Waals surface area contributed by atoms with Crippen LogP contribution in [-0.4, -0.2) is 21.6 Å². The number of nitrogens with zero attached hydrogens (tertiary/aromatic N) is 2. The van der Waals surface area contributed by atoms with Crippen LogP contribution in [0.2, 0.25) is 10.0 Å². The lowest BCUT2D eigenvalue weighted by Gasteiger charge is -2.08. The van der Waals surface area contributed by atoms with Gasteiger partial charge in [-0.2, -0.15) is 5.10 Å². The van der Waals surface area contributed by atoms with Crippen LogP contribution in [0.1, 0.15) is 33.5 Å². The Kier molecular flexibility index (Phi) is 5.83. The number of carbonyl (C=O) groups is 2. The van der Waals surface area contributed by atoms with Gasteiger partial charge in [0, 0.05) is 12.7 Å². The molecule has 0 atom stereocenters. The van der Waals surface area contributed by atoms with Crippen LogP contribution in [0, 0.1) is 0 Å². The van der Waals surface area contributed by atoms with Crippen LogP contribution >= 0.6 is 23.2 Å². The average Bonchev–Trinajstić information content (AvgIpc) is 3.31. The van der Waals surface area contributed by atoms with Gasteiger partial charge in [0.05, 0.1) is 34.1 Å². The molecule has 3 rings (SSSR count). The summed E-state index contributed by atoms with van der Waals surface area (Å²) in [6, 6.07) is 8.23. The third-order valence-electron chi connectivity index (χ3n) is 3.75. The fourth-order valence-corrected chi connectivity index (χ4v) is 2.76. The molecule has 0 spiro atoms. The van der Waals surface area contributed by atoms with Gasteiger partial charge in [-0.05, 0) is 31.2 Å². The number of carbonyl (C=O) groups excluding carboxylic acids is 2. The van der Waals surface area contributed by atoms with Gasteiger partial charge < -0.3 is 15.1 Å². The molecule has 0 bridgehead atoms. The van der Waals surface area contributed by atoms with Crippen LogP contribution in [0.15, 0.2) is 47.2 Å². The summed E-state index contributed by atoms with van der Waals surface area (Å²) >= 11 is 12.1. The van der Waals surface area contributed by atoms with Crippen molar-refractivity contribution < 1.29 is 14.0 Å². The van der Waals surface area contributed by atoms with Gasteiger partial charge in [0.15, 0.2) is 5.69 Å². The van der Waals surface area contributed by atoms with Crippen molar-refractivity contribution in [3.05, 3.63) is 69.9 Å². The number of hydrogen-bond donors (Lipinski definition) is 2. The molecule has 2 heterocycles. The van der Waals surface area contributed by atoms with E-state index in [0.717, 1.165) is 0 Å². The second kappa shape index (κ2) is 8.28. The lowest BCUT2D eigenvalue weighted by atomic mass is 10.2. The first kappa shape index (κ1) is 19.0. The highest BCUT2D eigenvalue weighted by molar-refractivity contribution is 6.44. The molecule has 2 amide bonds. The van der Waals surface area contributed by atoms with Gasteiger partial charge in [-0.15, -0.1) is 0 Å². The SMILES string of the molecule is CCn1cc(NC(=O)c2cccc(Cl)c2Cl)c(C(=O)NCc2ccco2)n1. The smallest absolute Gasteiger partial charge is 0.274 e. The molecule has 27 heavy (non-hydrogen) atoms. The number of anilines is 1. The van der Waals surface area contributed by atoms with E-state index in [2.05, 4.69) is 15.7 Å². The molecule has 0 saturated carbocycles. The largest absolute Gasteiger partial charge is 0.467 e. The molecular weight excluding hydrogens is 391 g/mol. The van der Waals surface area contributed by atoms with Crippen LogP contribution in [-0.2, 0) is 13.1 Å². The number of amides is 2.